The Morgan fingerprint density at radius 3 is 2.10 bits per heavy atom. The second-order valence-electron chi connectivity index (χ2n) is 3.90. The number of carbonyl (C=O) groups excluding carboxylic acids is 1. The van der Waals surface area contributed by atoms with Crippen LogP contribution in [0.3, 0.4) is 0 Å². The number of hydrogen-bond acceptors (Lipinski definition) is 5. The van der Waals surface area contributed by atoms with Gasteiger partial charge in [0, 0.05) is 14.3 Å². The van der Waals surface area contributed by atoms with Crippen LogP contribution in [0.25, 0.3) is 0 Å². The minimum absolute atomic E-state index is 0.157. The highest BCUT2D eigenvalue weighted by atomic mass is 127. The zero-order valence-corrected chi connectivity index (χ0v) is 20.0. The average molecular weight is 761 g/mol. The van der Waals surface area contributed by atoms with Gasteiger partial charge in [-0.3, -0.25) is 0 Å². The molecule has 0 spiro atoms. The summed E-state index contributed by atoms with van der Waals surface area (Å²) in [5.41, 5.74) is -0.157. The van der Waals surface area contributed by atoms with Crippen molar-refractivity contribution in [1.82, 2.24) is 0 Å². The maximum absolute atomic E-state index is 12.2. The van der Waals surface area contributed by atoms with Crippen molar-refractivity contribution < 1.29 is 22.5 Å². The van der Waals surface area contributed by atoms with Crippen molar-refractivity contribution >= 4 is 106 Å². The van der Waals surface area contributed by atoms with Gasteiger partial charge in [0.05, 0.1) is 17.1 Å². The highest BCUT2D eigenvalue weighted by Gasteiger charge is 2.28. The Hall–Kier alpha value is 1.52. The molecule has 0 aliphatic rings. The summed E-state index contributed by atoms with van der Waals surface area (Å²) in [6, 6.07) is 0. The first-order chi connectivity index (χ1) is 9.62. The minimum Gasteiger partial charge on any atom is -0.744 e. The molecule has 0 N–H and O–H groups in total. The van der Waals surface area contributed by atoms with Gasteiger partial charge in [0.2, 0.25) is 0 Å². The van der Waals surface area contributed by atoms with Gasteiger partial charge in [0.25, 0.3) is 0 Å². The van der Waals surface area contributed by atoms with Crippen LogP contribution in [0.2, 0.25) is 0 Å². The summed E-state index contributed by atoms with van der Waals surface area (Å²) < 4.78 is 41.8. The molecule has 0 unspecified atom stereocenters. The van der Waals surface area contributed by atoms with Gasteiger partial charge in [0.15, 0.2) is 0 Å². The molecule has 0 saturated carbocycles. The Kier molecular flexibility index (Phi) is 8.39. The molecule has 1 aromatic carbocycles. The SMILES string of the molecule is CCCCOC(=O)c1c(I)c(I)c(I)c(I)c1S(=O)(=O)[O-]. The molecule has 1 aromatic rings. The van der Waals surface area contributed by atoms with Crippen LogP contribution >= 0.6 is 90.4 Å². The summed E-state index contributed by atoms with van der Waals surface area (Å²) >= 11 is 7.62. The van der Waals surface area contributed by atoms with E-state index in [4.69, 9.17) is 4.74 Å². The summed E-state index contributed by atoms with van der Waals surface area (Å²) in [5.74, 6) is -0.769. The van der Waals surface area contributed by atoms with E-state index in [-0.39, 0.29) is 15.7 Å². The van der Waals surface area contributed by atoms with Crippen LogP contribution in [0, 0.1) is 14.3 Å². The normalized spacial score (nSPS) is 11.5. The van der Waals surface area contributed by atoms with Gasteiger partial charge in [-0.25, -0.2) is 13.2 Å². The highest BCUT2D eigenvalue weighted by Crippen LogP contribution is 2.35. The highest BCUT2D eigenvalue weighted by molar-refractivity contribution is 14.1. The number of esters is 1. The van der Waals surface area contributed by atoms with Crippen molar-refractivity contribution in [3.63, 3.8) is 0 Å². The molecule has 0 saturated heterocycles. The van der Waals surface area contributed by atoms with E-state index in [0.717, 1.165) is 9.99 Å². The topological polar surface area (TPSA) is 83.5 Å². The third-order valence-corrected chi connectivity index (χ3v) is 11.1. The molecule has 5 nitrogen and oxygen atoms in total. The molecule has 0 radical (unpaired) electrons. The first-order valence-corrected chi connectivity index (χ1v) is 11.3. The van der Waals surface area contributed by atoms with Crippen molar-refractivity contribution in [3.05, 3.63) is 19.8 Å². The number of rotatable bonds is 5. The molecule has 10 heteroatoms. The molecule has 0 aromatic heterocycles. The maximum Gasteiger partial charge on any atom is 0.340 e. The number of benzene rings is 1. The van der Waals surface area contributed by atoms with E-state index in [2.05, 4.69) is 0 Å². The molecule has 0 aliphatic carbocycles. The Morgan fingerprint density at radius 1 is 1.10 bits per heavy atom. The Balaban J connectivity index is 3.53. The van der Waals surface area contributed by atoms with Crippen molar-refractivity contribution in [2.75, 3.05) is 6.61 Å². The lowest BCUT2D eigenvalue weighted by Gasteiger charge is -2.18. The fourth-order valence-electron chi connectivity index (χ4n) is 1.41. The minimum atomic E-state index is -4.77. The van der Waals surface area contributed by atoms with Gasteiger partial charge < -0.3 is 9.29 Å². The predicted octanol–water partition coefficient (Wildman–Crippen LogP) is 3.97. The molecular formula is C11H9I4O5S-. The molecule has 0 amide bonds. The van der Waals surface area contributed by atoms with Gasteiger partial charge in [-0.2, -0.15) is 0 Å². The van der Waals surface area contributed by atoms with E-state index in [1.165, 1.54) is 0 Å². The van der Waals surface area contributed by atoms with E-state index in [1.54, 1.807) is 22.6 Å². The molecule has 1 rings (SSSR count). The standard InChI is InChI=1S/C11H10I4O5S/c1-2-3-4-20-11(16)5-6(12)7(13)8(14)9(15)10(5)21(17,18)19/h2-4H2,1H3,(H,17,18,19)/p-1. The number of halogens is 4. The number of ether oxygens (including phenoxy) is 1. The summed E-state index contributed by atoms with van der Waals surface area (Å²) in [7, 11) is -4.77. The van der Waals surface area contributed by atoms with E-state index >= 15 is 0 Å². The summed E-state index contributed by atoms with van der Waals surface area (Å²) in [6.45, 7) is 2.14. The van der Waals surface area contributed by atoms with Crippen LogP contribution in [0.1, 0.15) is 30.1 Å². The van der Waals surface area contributed by atoms with E-state index in [9.17, 15) is 17.8 Å². The molecule has 0 atom stereocenters. The van der Waals surface area contributed by atoms with Crippen LogP contribution in [0.15, 0.2) is 4.90 Å². The van der Waals surface area contributed by atoms with Crippen molar-refractivity contribution in [2.24, 2.45) is 0 Å². The first-order valence-electron chi connectivity index (χ1n) is 5.61. The van der Waals surface area contributed by atoms with Crippen molar-refractivity contribution in [2.45, 2.75) is 24.7 Å². The van der Waals surface area contributed by atoms with Crippen LogP contribution in [0.4, 0.5) is 0 Å². The van der Waals surface area contributed by atoms with Gasteiger partial charge in [-0.15, -0.1) is 0 Å². The quantitative estimate of drug-likeness (QED) is 0.113. The van der Waals surface area contributed by atoms with Crippen LogP contribution in [-0.2, 0) is 14.9 Å². The predicted molar refractivity (Wildman–Crippen MR) is 110 cm³/mol. The molecule has 21 heavy (non-hydrogen) atoms. The number of carbonyl (C=O) groups is 1. The molecule has 0 bridgehead atoms. The van der Waals surface area contributed by atoms with E-state index in [0.29, 0.717) is 13.6 Å². The summed E-state index contributed by atoms with van der Waals surface area (Å²) in [6.07, 6.45) is 1.53. The fourth-order valence-corrected chi connectivity index (χ4v) is 6.75. The zero-order valence-electron chi connectivity index (χ0n) is 10.6. The fraction of sp³-hybridized carbons (Fsp3) is 0.364. The van der Waals surface area contributed by atoms with Crippen molar-refractivity contribution in [1.29, 1.82) is 0 Å². The van der Waals surface area contributed by atoms with E-state index in [1.807, 2.05) is 74.7 Å². The second kappa shape index (κ2) is 8.57. The summed E-state index contributed by atoms with van der Waals surface area (Å²) in [4.78, 5) is 11.7. The van der Waals surface area contributed by atoms with Crippen LogP contribution in [-0.4, -0.2) is 25.5 Å². The first kappa shape index (κ1) is 20.6. The monoisotopic (exact) mass is 761 g/mol. The lowest BCUT2D eigenvalue weighted by molar-refractivity contribution is 0.0493. The lowest BCUT2D eigenvalue weighted by Crippen LogP contribution is -2.18. The third kappa shape index (κ3) is 4.99. The molecule has 118 valence electrons. The Bertz CT molecular complexity index is 672. The second-order valence-corrected chi connectivity index (χ2v) is 9.54. The van der Waals surface area contributed by atoms with Gasteiger partial charge in [-0.05, 0) is 96.8 Å². The summed E-state index contributed by atoms with van der Waals surface area (Å²) in [5, 5.41) is 0. The lowest BCUT2D eigenvalue weighted by atomic mass is 10.2. The van der Waals surface area contributed by atoms with Gasteiger partial charge >= 0.3 is 5.97 Å². The van der Waals surface area contributed by atoms with Crippen LogP contribution < -0.4 is 0 Å². The number of unbranched alkanes of at least 4 members (excludes halogenated alkanes) is 1. The molecule has 0 fully saturated rings. The molecule has 0 heterocycles. The Labute approximate surface area is 177 Å². The largest absolute Gasteiger partial charge is 0.744 e. The molecular weight excluding hydrogens is 752 g/mol. The number of hydrogen-bond donors (Lipinski definition) is 0. The Morgan fingerprint density at radius 2 is 1.62 bits per heavy atom. The van der Waals surface area contributed by atoms with Gasteiger partial charge in [-0.1, -0.05) is 13.3 Å². The van der Waals surface area contributed by atoms with Crippen molar-refractivity contribution in [3.8, 4) is 0 Å². The van der Waals surface area contributed by atoms with Crippen LogP contribution in [0.5, 0.6) is 0 Å². The van der Waals surface area contributed by atoms with E-state index < -0.39 is 21.0 Å². The smallest absolute Gasteiger partial charge is 0.340 e. The van der Waals surface area contributed by atoms with Gasteiger partial charge in [0.1, 0.15) is 10.1 Å². The zero-order chi connectivity index (χ0) is 16.4. The average Bonchev–Trinajstić information content (AvgIpc) is 2.38. The third-order valence-electron chi connectivity index (χ3n) is 2.41. The molecule has 0 aliphatic heterocycles. The maximum atomic E-state index is 12.2.